The molecule has 0 atom stereocenters. The Balaban J connectivity index is 1.23. The number of rotatable bonds is 4. The zero-order chi connectivity index (χ0) is 19.3. The summed E-state index contributed by atoms with van der Waals surface area (Å²) in [6.45, 7) is 8.63. The normalized spacial score (nSPS) is 18.7. The number of carbonyl (C=O) groups is 1. The molecule has 10 heteroatoms. The second kappa shape index (κ2) is 6.49. The highest BCUT2D eigenvalue weighted by Crippen LogP contribution is 2.42. The van der Waals surface area contributed by atoms with Gasteiger partial charge in [0.2, 0.25) is 5.91 Å². The molecule has 146 valence electrons. The van der Waals surface area contributed by atoms with Crippen molar-refractivity contribution >= 4 is 34.0 Å². The minimum absolute atomic E-state index is 0.0802. The van der Waals surface area contributed by atoms with E-state index in [2.05, 4.69) is 41.2 Å². The fourth-order valence-corrected chi connectivity index (χ4v) is 5.19. The highest BCUT2D eigenvalue weighted by atomic mass is 32.1. The molecule has 1 N–H and O–H groups in total. The van der Waals surface area contributed by atoms with Crippen molar-refractivity contribution in [1.29, 1.82) is 0 Å². The average Bonchev–Trinajstić information content (AvgIpc) is 3.32. The van der Waals surface area contributed by atoms with E-state index < -0.39 is 0 Å². The summed E-state index contributed by atoms with van der Waals surface area (Å²) in [5, 5.41) is 7.76. The Bertz CT molecular complexity index is 1040. The molecule has 0 unspecified atom stereocenters. The van der Waals surface area contributed by atoms with Crippen LogP contribution in [0.5, 0.6) is 0 Å². The van der Waals surface area contributed by atoms with Crippen LogP contribution in [0.25, 0.3) is 5.78 Å². The third kappa shape index (κ3) is 3.12. The number of amides is 1. The van der Waals surface area contributed by atoms with E-state index in [1.54, 1.807) is 17.7 Å². The minimum Gasteiger partial charge on any atom is -0.355 e. The largest absolute Gasteiger partial charge is 0.355 e. The zero-order valence-corrected chi connectivity index (χ0v) is 16.7. The molecule has 9 nitrogen and oxygen atoms in total. The Labute approximate surface area is 166 Å². The average molecular weight is 398 g/mol. The molecule has 28 heavy (non-hydrogen) atoms. The summed E-state index contributed by atoms with van der Waals surface area (Å²) < 4.78 is 1.83. The molecule has 0 saturated carbocycles. The lowest BCUT2D eigenvalue weighted by molar-refractivity contribution is -0.114. The van der Waals surface area contributed by atoms with Gasteiger partial charge in [0.25, 0.3) is 5.78 Å². The predicted octanol–water partition coefficient (Wildman–Crippen LogP) is 1.56. The number of thiazole rings is 1. The van der Waals surface area contributed by atoms with Crippen LogP contribution in [-0.2, 0) is 11.3 Å². The van der Waals surface area contributed by atoms with Crippen LogP contribution in [0.1, 0.15) is 23.9 Å². The first-order valence-electron chi connectivity index (χ1n) is 9.37. The third-order valence-electron chi connectivity index (χ3n) is 5.47. The molecule has 0 radical (unpaired) electrons. The summed E-state index contributed by atoms with van der Waals surface area (Å²) in [5.41, 5.74) is 1.31. The molecular formula is C18H22N8OS. The summed E-state index contributed by atoms with van der Waals surface area (Å²) >= 11 is 1.55. The Hall–Kier alpha value is -2.59. The van der Waals surface area contributed by atoms with Gasteiger partial charge in [0, 0.05) is 61.4 Å². The topological polar surface area (TPSA) is 91.5 Å². The summed E-state index contributed by atoms with van der Waals surface area (Å²) in [6.07, 6.45) is 4.63. The van der Waals surface area contributed by atoms with Gasteiger partial charge in [-0.25, -0.2) is 9.97 Å². The maximum atomic E-state index is 11.2. The maximum absolute atomic E-state index is 11.2. The van der Waals surface area contributed by atoms with Crippen LogP contribution in [0.3, 0.4) is 0 Å². The molecule has 5 heterocycles. The van der Waals surface area contributed by atoms with Crippen LogP contribution in [0, 0.1) is 12.3 Å². The lowest BCUT2D eigenvalue weighted by Gasteiger charge is -2.49. The van der Waals surface area contributed by atoms with Crippen LogP contribution in [0.15, 0.2) is 18.6 Å². The Morgan fingerprint density at radius 3 is 3.00 bits per heavy atom. The number of nitrogens with one attached hydrogen (secondary N) is 1. The van der Waals surface area contributed by atoms with Gasteiger partial charge in [0.05, 0.1) is 0 Å². The molecule has 2 fully saturated rings. The fraction of sp³-hybridized carbons (Fsp3) is 0.500. The molecule has 1 amide bonds. The van der Waals surface area contributed by atoms with E-state index in [1.807, 2.05) is 17.6 Å². The smallest absolute Gasteiger partial charge is 0.254 e. The van der Waals surface area contributed by atoms with Gasteiger partial charge in [-0.05, 0) is 19.9 Å². The number of carbonyl (C=O) groups excluding carboxylic acids is 1. The standard InChI is InChI=1S/C18H22N8OS/c1-12-5-15(26-16(22-12)20-11-21-26)25-9-18(10-25)3-4-24(8-18)7-14-6-19-17(28-14)23-13(2)27/h5-6,11H,3-4,7-10H2,1-2H3,(H,19,23,27). The van der Waals surface area contributed by atoms with Gasteiger partial charge in [0.15, 0.2) is 5.13 Å². The van der Waals surface area contributed by atoms with Crippen LogP contribution in [0.2, 0.25) is 0 Å². The van der Waals surface area contributed by atoms with Crippen molar-refractivity contribution in [2.75, 3.05) is 36.4 Å². The Kier molecular flexibility index (Phi) is 4.06. The van der Waals surface area contributed by atoms with Crippen molar-refractivity contribution in [3.63, 3.8) is 0 Å². The molecular weight excluding hydrogens is 376 g/mol. The number of aryl methyl sites for hydroxylation is 1. The quantitative estimate of drug-likeness (QED) is 0.713. The molecule has 2 aliphatic rings. The molecule has 0 aliphatic carbocycles. The zero-order valence-electron chi connectivity index (χ0n) is 15.9. The van der Waals surface area contributed by atoms with E-state index in [1.165, 1.54) is 18.2 Å². The lowest BCUT2D eigenvalue weighted by Crippen LogP contribution is -2.58. The van der Waals surface area contributed by atoms with Crippen LogP contribution in [-0.4, -0.2) is 61.6 Å². The first-order chi connectivity index (χ1) is 13.5. The molecule has 2 saturated heterocycles. The van der Waals surface area contributed by atoms with Crippen molar-refractivity contribution in [2.45, 2.75) is 26.8 Å². The molecule has 3 aromatic rings. The van der Waals surface area contributed by atoms with E-state index in [4.69, 9.17) is 0 Å². The maximum Gasteiger partial charge on any atom is 0.254 e. The predicted molar refractivity (Wildman–Crippen MR) is 106 cm³/mol. The second-order valence-corrected chi connectivity index (χ2v) is 8.97. The molecule has 2 aliphatic heterocycles. The molecule has 0 bridgehead atoms. The third-order valence-corrected chi connectivity index (χ3v) is 6.37. The molecule has 3 aromatic heterocycles. The van der Waals surface area contributed by atoms with E-state index in [9.17, 15) is 4.79 Å². The summed E-state index contributed by atoms with van der Waals surface area (Å²) in [7, 11) is 0. The van der Waals surface area contributed by atoms with Gasteiger partial charge in [-0.1, -0.05) is 0 Å². The van der Waals surface area contributed by atoms with Crippen LogP contribution in [0.4, 0.5) is 10.9 Å². The van der Waals surface area contributed by atoms with Gasteiger partial charge >= 0.3 is 0 Å². The van der Waals surface area contributed by atoms with Gasteiger partial charge < -0.3 is 10.2 Å². The lowest BCUT2D eigenvalue weighted by atomic mass is 9.79. The van der Waals surface area contributed by atoms with Crippen LogP contribution < -0.4 is 10.2 Å². The summed E-state index contributed by atoms with van der Waals surface area (Å²) in [4.78, 5) is 30.1. The number of nitrogens with zero attached hydrogens (tertiary/aromatic N) is 7. The van der Waals surface area contributed by atoms with Gasteiger partial charge in [0.1, 0.15) is 12.1 Å². The van der Waals surface area contributed by atoms with Crippen molar-refractivity contribution < 1.29 is 4.79 Å². The summed E-state index contributed by atoms with van der Waals surface area (Å²) in [5.74, 6) is 1.65. The fourth-order valence-electron chi connectivity index (χ4n) is 4.29. The Morgan fingerprint density at radius 1 is 1.32 bits per heavy atom. The number of likely N-dealkylation sites (tertiary alicyclic amines) is 1. The van der Waals surface area contributed by atoms with Crippen molar-refractivity contribution in [2.24, 2.45) is 5.41 Å². The van der Waals surface area contributed by atoms with Gasteiger partial charge in [-0.3, -0.25) is 9.69 Å². The Morgan fingerprint density at radius 2 is 2.18 bits per heavy atom. The monoisotopic (exact) mass is 398 g/mol. The molecule has 5 rings (SSSR count). The van der Waals surface area contributed by atoms with E-state index in [0.717, 1.165) is 44.2 Å². The number of anilines is 2. The first-order valence-corrected chi connectivity index (χ1v) is 10.2. The number of fused-ring (bicyclic) bond motifs is 1. The summed E-state index contributed by atoms with van der Waals surface area (Å²) in [6, 6.07) is 2.09. The van der Waals surface area contributed by atoms with Gasteiger partial charge in [-0.2, -0.15) is 14.6 Å². The molecule has 0 aromatic carbocycles. The van der Waals surface area contributed by atoms with Gasteiger partial charge in [-0.15, -0.1) is 11.3 Å². The second-order valence-electron chi connectivity index (χ2n) is 7.86. The first kappa shape index (κ1) is 17.5. The van der Waals surface area contributed by atoms with Crippen LogP contribution >= 0.6 is 11.3 Å². The SMILES string of the molecule is CC(=O)Nc1ncc(CN2CCC3(C2)CN(c2cc(C)nc4ncnn24)C3)s1. The number of aromatic nitrogens is 5. The van der Waals surface area contributed by atoms with E-state index >= 15 is 0 Å². The van der Waals surface area contributed by atoms with Crippen molar-refractivity contribution in [3.8, 4) is 0 Å². The van der Waals surface area contributed by atoms with E-state index in [-0.39, 0.29) is 5.91 Å². The number of hydrogen-bond donors (Lipinski definition) is 1. The highest BCUT2D eigenvalue weighted by Gasteiger charge is 2.48. The van der Waals surface area contributed by atoms with Crippen molar-refractivity contribution in [1.82, 2.24) is 29.5 Å². The minimum atomic E-state index is -0.0802. The highest BCUT2D eigenvalue weighted by molar-refractivity contribution is 7.15. The molecule has 1 spiro atoms. The van der Waals surface area contributed by atoms with Crippen molar-refractivity contribution in [3.05, 3.63) is 29.2 Å². The number of hydrogen-bond acceptors (Lipinski definition) is 8. The van der Waals surface area contributed by atoms with E-state index in [0.29, 0.717) is 16.3 Å².